The van der Waals surface area contributed by atoms with Crippen LogP contribution in [0.1, 0.15) is 17.3 Å². The highest BCUT2D eigenvalue weighted by atomic mass is 127. The molecular formula is C15H15IN2O. The van der Waals surface area contributed by atoms with E-state index >= 15 is 0 Å². The van der Waals surface area contributed by atoms with Gasteiger partial charge < -0.3 is 10.6 Å². The molecule has 0 spiro atoms. The normalized spacial score (nSPS) is 10.0. The quantitative estimate of drug-likeness (QED) is 0.804. The zero-order valence-corrected chi connectivity index (χ0v) is 12.8. The molecule has 2 N–H and O–H groups in total. The van der Waals surface area contributed by atoms with Crippen LogP contribution >= 0.6 is 22.6 Å². The van der Waals surface area contributed by atoms with E-state index in [0.717, 1.165) is 21.5 Å². The monoisotopic (exact) mass is 366 g/mol. The van der Waals surface area contributed by atoms with Crippen LogP contribution in [-0.4, -0.2) is 12.5 Å². The lowest BCUT2D eigenvalue weighted by molar-refractivity contribution is 0.102. The van der Waals surface area contributed by atoms with Gasteiger partial charge in [-0.3, -0.25) is 4.79 Å². The number of hydrogen-bond donors (Lipinski definition) is 2. The van der Waals surface area contributed by atoms with Crippen molar-refractivity contribution in [2.24, 2.45) is 0 Å². The van der Waals surface area contributed by atoms with Gasteiger partial charge in [-0.15, -0.1) is 0 Å². The number of carbonyl (C=O) groups is 1. The van der Waals surface area contributed by atoms with Crippen molar-refractivity contribution in [3.63, 3.8) is 0 Å². The summed E-state index contributed by atoms with van der Waals surface area (Å²) in [6.07, 6.45) is 0. The minimum Gasteiger partial charge on any atom is -0.385 e. The third-order valence-electron chi connectivity index (χ3n) is 2.63. The molecule has 0 aromatic heterocycles. The van der Waals surface area contributed by atoms with E-state index < -0.39 is 0 Å². The smallest absolute Gasteiger partial charge is 0.255 e. The van der Waals surface area contributed by atoms with E-state index in [1.54, 1.807) is 0 Å². The SMILES string of the molecule is CCNc1ccc(C(=O)Nc2ccc(I)cc2)cc1. The summed E-state index contributed by atoms with van der Waals surface area (Å²) in [5, 5.41) is 6.07. The van der Waals surface area contributed by atoms with Crippen LogP contribution in [0.5, 0.6) is 0 Å². The minimum atomic E-state index is -0.0933. The largest absolute Gasteiger partial charge is 0.385 e. The van der Waals surface area contributed by atoms with Crippen molar-refractivity contribution in [1.29, 1.82) is 0 Å². The lowest BCUT2D eigenvalue weighted by Crippen LogP contribution is -2.11. The molecule has 0 bridgehead atoms. The first-order chi connectivity index (χ1) is 9.19. The molecule has 2 rings (SSSR count). The fraction of sp³-hybridized carbons (Fsp3) is 0.133. The van der Waals surface area contributed by atoms with Gasteiger partial charge in [-0.2, -0.15) is 0 Å². The summed E-state index contributed by atoms with van der Waals surface area (Å²) in [5.41, 5.74) is 2.48. The first kappa shape index (κ1) is 13.9. The topological polar surface area (TPSA) is 41.1 Å². The number of halogens is 1. The highest BCUT2D eigenvalue weighted by molar-refractivity contribution is 14.1. The molecule has 0 heterocycles. The Morgan fingerprint density at radius 3 is 2.16 bits per heavy atom. The van der Waals surface area contributed by atoms with Gasteiger partial charge in [0.05, 0.1) is 0 Å². The molecule has 19 heavy (non-hydrogen) atoms. The van der Waals surface area contributed by atoms with Crippen LogP contribution in [-0.2, 0) is 0 Å². The van der Waals surface area contributed by atoms with E-state index in [0.29, 0.717) is 5.56 Å². The molecule has 2 aromatic carbocycles. The summed E-state index contributed by atoms with van der Waals surface area (Å²) in [6.45, 7) is 2.91. The van der Waals surface area contributed by atoms with Crippen molar-refractivity contribution in [1.82, 2.24) is 0 Å². The lowest BCUT2D eigenvalue weighted by Gasteiger charge is -2.07. The molecule has 4 heteroatoms. The zero-order valence-electron chi connectivity index (χ0n) is 10.6. The van der Waals surface area contributed by atoms with Crippen LogP contribution in [0.4, 0.5) is 11.4 Å². The lowest BCUT2D eigenvalue weighted by atomic mass is 10.2. The predicted octanol–water partition coefficient (Wildman–Crippen LogP) is 3.98. The average Bonchev–Trinajstić information content (AvgIpc) is 2.42. The van der Waals surface area contributed by atoms with Gasteiger partial charge in [0.25, 0.3) is 5.91 Å². The fourth-order valence-electron chi connectivity index (χ4n) is 1.68. The van der Waals surface area contributed by atoms with E-state index in [-0.39, 0.29) is 5.91 Å². The second-order valence-electron chi connectivity index (χ2n) is 4.07. The van der Waals surface area contributed by atoms with Crippen LogP contribution in [0.15, 0.2) is 48.5 Å². The van der Waals surface area contributed by atoms with Crippen molar-refractivity contribution in [3.8, 4) is 0 Å². The van der Waals surface area contributed by atoms with Gasteiger partial charge in [0, 0.05) is 27.1 Å². The fourth-order valence-corrected chi connectivity index (χ4v) is 2.04. The second kappa shape index (κ2) is 6.56. The van der Waals surface area contributed by atoms with Gasteiger partial charge in [0.1, 0.15) is 0 Å². The number of anilines is 2. The maximum absolute atomic E-state index is 12.0. The summed E-state index contributed by atoms with van der Waals surface area (Å²) < 4.78 is 1.14. The molecule has 0 radical (unpaired) electrons. The molecule has 3 nitrogen and oxygen atoms in total. The van der Waals surface area contributed by atoms with Crippen LogP contribution in [0, 0.1) is 3.57 Å². The molecule has 1 amide bonds. The van der Waals surface area contributed by atoms with E-state index in [4.69, 9.17) is 0 Å². The summed E-state index contributed by atoms with van der Waals surface area (Å²) in [4.78, 5) is 12.0. The molecule has 0 saturated carbocycles. The van der Waals surface area contributed by atoms with Crippen LogP contribution < -0.4 is 10.6 Å². The maximum Gasteiger partial charge on any atom is 0.255 e. The van der Waals surface area contributed by atoms with Crippen molar-refractivity contribution < 1.29 is 4.79 Å². The Hall–Kier alpha value is -1.56. The van der Waals surface area contributed by atoms with E-state index in [9.17, 15) is 4.79 Å². The van der Waals surface area contributed by atoms with Gasteiger partial charge in [0.15, 0.2) is 0 Å². The molecule has 98 valence electrons. The van der Waals surface area contributed by atoms with Crippen molar-refractivity contribution in [3.05, 3.63) is 57.7 Å². The van der Waals surface area contributed by atoms with Crippen LogP contribution in [0.25, 0.3) is 0 Å². The number of benzene rings is 2. The first-order valence-corrected chi connectivity index (χ1v) is 7.18. The van der Waals surface area contributed by atoms with Gasteiger partial charge in [0.2, 0.25) is 0 Å². The Labute approximate surface area is 126 Å². The van der Waals surface area contributed by atoms with E-state index in [1.807, 2.05) is 55.5 Å². The zero-order chi connectivity index (χ0) is 13.7. The molecule has 0 atom stereocenters. The summed E-state index contributed by atoms with van der Waals surface area (Å²) in [6, 6.07) is 15.2. The Balaban J connectivity index is 2.05. The number of carbonyl (C=O) groups excluding carboxylic acids is 1. The number of hydrogen-bond acceptors (Lipinski definition) is 2. The Bertz CT molecular complexity index is 549. The summed E-state index contributed by atoms with van der Waals surface area (Å²) in [7, 11) is 0. The standard InChI is InChI=1S/C15H15IN2O/c1-2-17-13-7-3-11(4-8-13)15(19)18-14-9-5-12(16)6-10-14/h3-10,17H,2H2,1H3,(H,18,19). The summed E-state index contributed by atoms with van der Waals surface area (Å²) in [5.74, 6) is -0.0933. The molecule has 0 saturated heterocycles. The van der Waals surface area contributed by atoms with Gasteiger partial charge in [-0.1, -0.05) is 0 Å². The molecular weight excluding hydrogens is 351 g/mol. The second-order valence-corrected chi connectivity index (χ2v) is 5.31. The number of amides is 1. The highest BCUT2D eigenvalue weighted by Crippen LogP contribution is 2.14. The highest BCUT2D eigenvalue weighted by Gasteiger charge is 2.05. The minimum absolute atomic E-state index is 0.0933. The predicted molar refractivity (Wildman–Crippen MR) is 87.7 cm³/mol. The first-order valence-electron chi connectivity index (χ1n) is 6.10. The molecule has 2 aromatic rings. The molecule has 0 aliphatic heterocycles. The molecule has 0 aliphatic rings. The third kappa shape index (κ3) is 3.96. The Morgan fingerprint density at radius 1 is 1.00 bits per heavy atom. The molecule has 0 aliphatic carbocycles. The van der Waals surface area contributed by atoms with Crippen molar-refractivity contribution in [2.75, 3.05) is 17.2 Å². The molecule has 0 fully saturated rings. The Morgan fingerprint density at radius 2 is 1.58 bits per heavy atom. The van der Waals surface area contributed by atoms with Gasteiger partial charge in [-0.05, 0) is 78.0 Å². The maximum atomic E-state index is 12.0. The van der Waals surface area contributed by atoms with Crippen molar-refractivity contribution >= 4 is 39.9 Å². The van der Waals surface area contributed by atoms with Crippen LogP contribution in [0.2, 0.25) is 0 Å². The third-order valence-corrected chi connectivity index (χ3v) is 3.35. The Kier molecular flexibility index (Phi) is 4.79. The average molecular weight is 366 g/mol. The van der Waals surface area contributed by atoms with Crippen molar-refractivity contribution in [2.45, 2.75) is 6.92 Å². The number of rotatable bonds is 4. The van der Waals surface area contributed by atoms with E-state index in [2.05, 4.69) is 33.2 Å². The van der Waals surface area contributed by atoms with Gasteiger partial charge in [-0.25, -0.2) is 0 Å². The van der Waals surface area contributed by atoms with Gasteiger partial charge >= 0.3 is 0 Å². The number of nitrogens with one attached hydrogen (secondary N) is 2. The van der Waals surface area contributed by atoms with E-state index in [1.165, 1.54) is 0 Å². The summed E-state index contributed by atoms with van der Waals surface area (Å²) >= 11 is 2.23. The molecule has 0 unspecified atom stereocenters. The van der Waals surface area contributed by atoms with Crippen LogP contribution in [0.3, 0.4) is 0 Å².